The van der Waals surface area contributed by atoms with Gasteiger partial charge in [-0.2, -0.15) is 0 Å². The summed E-state index contributed by atoms with van der Waals surface area (Å²) in [5.74, 6) is -2.65. The Morgan fingerprint density at radius 2 is 1.77 bits per heavy atom. The maximum atomic E-state index is 13.1. The van der Waals surface area contributed by atoms with Crippen LogP contribution in [-0.4, -0.2) is 98.9 Å². The number of allylic oxidation sites excluding steroid dienone is 1. The molecule has 40 heavy (non-hydrogen) atoms. The van der Waals surface area contributed by atoms with Crippen molar-refractivity contribution >= 4 is 11.9 Å². The molecule has 1 aliphatic carbocycles. The first kappa shape index (κ1) is 28.2. The molecule has 1 aromatic rings. The van der Waals surface area contributed by atoms with Gasteiger partial charge in [0, 0.05) is 5.41 Å². The molecule has 3 heterocycles. The Labute approximate surface area is 228 Å². The number of benzene rings is 1. The third-order valence-electron chi connectivity index (χ3n) is 7.91. The third-order valence-corrected chi connectivity index (χ3v) is 7.91. The van der Waals surface area contributed by atoms with Crippen LogP contribution in [0.25, 0.3) is 0 Å². The molecule has 0 aromatic heterocycles. The van der Waals surface area contributed by atoms with Gasteiger partial charge in [-0.05, 0) is 29.8 Å². The van der Waals surface area contributed by atoms with E-state index in [4.69, 9.17) is 23.7 Å². The quantitative estimate of drug-likeness (QED) is 0.184. The van der Waals surface area contributed by atoms with E-state index in [-0.39, 0.29) is 16.9 Å². The Morgan fingerprint density at radius 3 is 2.42 bits per heavy atom. The number of phenolic OH excluding ortho intramolecular Hbond substituents is 1. The fourth-order valence-corrected chi connectivity index (χ4v) is 5.69. The molecule has 0 bridgehead atoms. The lowest BCUT2D eigenvalue weighted by atomic mass is 9.68. The summed E-state index contributed by atoms with van der Waals surface area (Å²) in [6.07, 6.45) is -5.10. The second-order valence-electron chi connectivity index (χ2n) is 10.3. The van der Waals surface area contributed by atoms with Crippen molar-refractivity contribution in [1.29, 1.82) is 0 Å². The van der Waals surface area contributed by atoms with Gasteiger partial charge in [0.1, 0.15) is 36.3 Å². The van der Waals surface area contributed by atoms with Gasteiger partial charge in [0.25, 0.3) is 0 Å². The number of esters is 2. The van der Waals surface area contributed by atoms with Crippen LogP contribution >= 0.6 is 0 Å². The summed E-state index contributed by atoms with van der Waals surface area (Å²) in [7, 11) is 1.19. The number of carbonyl (C=O) groups excluding carboxylic acids is 2. The molecule has 13 heteroatoms. The van der Waals surface area contributed by atoms with Gasteiger partial charge >= 0.3 is 11.9 Å². The van der Waals surface area contributed by atoms with Crippen LogP contribution in [0.15, 0.2) is 59.9 Å². The molecule has 0 radical (unpaired) electrons. The van der Waals surface area contributed by atoms with Gasteiger partial charge in [-0.15, -0.1) is 0 Å². The lowest BCUT2D eigenvalue weighted by Gasteiger charge is -2.47. The van der Waals surface area contributed by atoms with E-state index in [9.17, 15) is 40.2 Å². The molecular formula is C27H30O13. The Balaban J connectivity index is 1.53. The number of aliphatic hydroxyl groups is 5. The van der Waals surface area contributed by atoms with Crippen LogP contribution in [-0.2, 0) is 33.3 Å². The van der Waals surface area contributed by atoms with Gasteiger partial charge in [0.15, 0.2) is 11.9 Å². The van der Waals surface area contributed by atoms with Gasteiger partial charge in [-0.1, -0.05) is 25.1 Å². The molecule has 10 unspecified atom stereocenters. The fraction of sp³-hybridized carbons (Fsp3) is 0.481. The van der Waals surface area contributed by atoms with E-state index in [1.807, 2.05) is 0 Å². The second-order valence-corrected chi connectivity index (χ2v) is 10.3. The molecule has 216 valence electrons. The van der Waals surface area contributed by atoms with E-state index < -0.39 is 78.6 Å². The zero-order valence-electron chi connectivity index (χ0n) is 21.5. The number of hydrogen-bond donors (Lipinski definition) is 6. The van der Waals surface area contributed by atoms with Crippen LogP contribution < -0.4 is 0 Å². The van der Waals surface area contributed by atoms with Gasteiger partial charge < -0.3 is 54.3 Å². The smallest absolute Gasteiger partial charge is 0.338 e. The minimum Gasteiger partial charge on any atom is -0.508 e. The SMILES string of the molecule is COC(=O)C1=COC(OC2OC(CO)C(O)C(O)C2O)C2C3(C=CC12C)C=C(C(O)c1ccc(O)cc1)C(=O)O3. The minimum absolute atomic E-state index is 0.0282. The molecule has 1 spiro atoms. The van der Waals surface area contributed by atoms with Crippen molar-refractivity contribution in [2.24, 2.45) is 11.3 Å². The first-order valence-corrected chi connectivity index (χ1v) is 12.5. The highest BCUT2D eigenvalue weighted by molar-refractivity contribution is 5.94. The number of aromatic hydroxyl groups is 1. The number of hydrogen-bond acceptors (Lipinski definition) is 13. The Hall–Kier alpha value is -3.30. The summed E-state index contributed by atoms with van der Waals surface area (Å²) < 4.78 is 27.9. The summed E-state index contributed by atoms with van der Waals surface area (Å²) in [6, 6.07) is 5.60. The Bertz CT molecular complexity index is 1250. The summed E-state index contributed by atoms with van der Waals surface area (Å²) in [4.78, 5) is 25.8. The van der Waals surface area contributed by atoms with E-state index in [1.54, 1.807) is 13.0 Å². The Kier molecular flexibility index (Phi) is 7.25. The standard InChI is InChI=1S/C27H30O13/c1-26-7-8-27(9-14(22(34)40-27)17(30)12-3-5-13(29)6-4-12)21(26)25(37-11-15(26)23(35)36-2)39-24-20(33)19(32)18(31)16(10-28)38-24/h3-9,11,16-21,24-25,28-33H,10H2,1-2H3. The molecule has 5 rings (SSSR count). The fourth-order valence-electron chi connectivity index (χ4n) is 5.69. The number of rotatable bonds is 6. The number of carbonyl (C=O) groups is 2. The van der Waals surface area contributed by atoms with Crippen LogP contribution in [0.4, 0.5) is 0 Å². The lowest BCUT2D eigenvalue weighted by Crippen LogP contribution is -2.61. The van der Waals surface area contributed by atoms with Crippen LogP contribution in [0.2, 0.25) is 0 Å². The van der Waals surface area contributed by atoms with Gasteiger partial charge in [-0.25, -0.2) is 9.59 Å². The zero-order chi connectivity index (χ0) is 29.0. The van der Waals surface area contributed by atoms with Crippen LogP contribution in [0.3, 0.4) is 0 Å². The maximum Gasteiger partial charge on any atom is 0.338 e. The number of fused-ring (bicyclic) bond motifs is 2. The average molecular weight is 563 g/mol. The van der Waals surface area contributed by atoms with Crippen molar-refractivity contribution in [1.82, 2.24) is 0 Å². The summed E-state index contributed by atoms with van der Waals surface area (Å²) in [5.41, 5.74) is -2.56. The van der Waals surface area contributed by atoms with E-state index in [2.05, 4.69) is 0 Å². The van der Waals surface area contributed by atoms with Crippen LogP contribution in [0, 0.1) is 11.3 Å². The minimum atomic E-state index is -1.75. The highest BCUT2D eigenvalue weighted by atomic mass is 16.8. The topological polar surface area (TPSA) is 202 Å². The molecule has 3 aliphatic heterocycles. The number of phenols is 1. The normalized spacial score (nSPS) is 39.2. The highest BCUT2D eigenvalue weighted by Gasteiger charge is 2.64. The monoisotopic (exact) mass is 562 g/mol. The molecule has 10 atom stereocenters. The number of aliphatic hydroxyl groups excluding tert-OH is 5. The first-order chi connectivity index (χ1) is 19.0. The van der Waals surface area contributed by atoms with Gasteiger partial charge in [0.05, 0.1) is 37.0 Å². The Morgan fingerprint density at radius 1 is 1.07 bits per heavy atom. The highest BCUT2D eigenvalue weighted by Crippen LogP contribution is 2.58. The van der Waals surface area contributed by atoms with E-state index in [0.29, 0.717) is 5.56 Å². The maximum absolute atomic E-state index is 13.1. The number of ether oxygens (including phenoxy) is 5. The first-order valence-electron chi connectivity index (χ1n) is 12.5. The van der Waals surface area contributed by atoms with Gasteiger partial charge in [-0.3, -0.25) is 0 Å². The predicted octanol–water partition coefficient (Wildman–Crippen LogP) is -0.930. The molecule has 6 N–H and O–H groups in total. The van der Waals surface area contributed by atoms with E-state index >= 15 is 0 Å². The predicted molar refractivity (Wildman–Crippen MR) is 131 cm³/mol. The van der Waals surface area contributed by atoms with Crippen molar-refractivity contribution in [2.45, 2.75) is 55.6 Å². The zero-order valence-corrected chi connectivity index (χ0v) is 21.5. The van der Waals surface area contributed by atoms with Crippen molar-refractivity contribution in [2.75, 3.05) is 13.7 Å². The van der Waals surface area contributed by atoms with Crippen LogP contribution in [0.5, 0.6) is 5.75 Å². The van der Waals surface area contributed by atoms with E-state index in [1.165, 1.54) is 43.5 Å². The van der Waals surface area contributed by atoms with Gasteiger partial charge in [0.2, 0.25) is 6.29 Å². The molecular weight excluding hydrogens is 532 g/mol. The second kappa shape index (κ2) is 10.3. The molecule has 4 aliphatic rings. The van der Waals surface area contributed by atoms with Crippen molar-refractivity contribution in [3.63, 3.8) is 0 Å². The third kappa shape index (κ3) is 4.39. The molecule has 1 saturated heterocycles. The molecule has 1 aromatic carbocycles. The largest absolute Gasteiger partial charge is 0.508 e. The number of methoxy groups -OCH3 is 1. The van der Waals surface area contributed by atoms with Crippen molar-refractivity contribution in [3.8, 4) is 5.75 Å². The molecule has 0 amide bonds. The van der Waals surface area contributed by atoms with E-state index in [0.717, 1.165) is 6.26 Å². The molecule has 13 nitrogen and oxygen atoms in total. The summed E-state index contributed by atoms with van der Waals surface area (Å²) >= 11 is 0. The average Bonchev–Trinajstić information content (AvgIpc) is 3.43. The van der Waals surface area contributed by atoms with Crippen molar-refractivity contribution in [3.05, 3.63) is 65.5 Å². The summed E-state index contributed by atoms with van der Waals surface area (Å²) in [6.45, 7) is 0.974. The molecule has 0 saturated carbocycles. The molecule has 1 fully saturated rings. The van der Waals surface area contributed by atoms with Crippen LogP contribution in [0.1, 0.15) is 18.6 Å². The lowest BCUT2D eigenvalue weighted by molar-refractivity contribution is -0.347. The summed E-state index contributed by atoms with van der Waals surface area (Å²) in [5, 5.41) is 61.0. The van der Waals surface area contributed by atoms with Crippen molar-refractivity contribution < 1.29 is 63.9 Å².